The number of hydrogen-bond acceptors (Lipinski definition) is 3. The summed E-state index contributed by atoms with van der Waals surface area (Å²) in [5, 5.41) is 0. The van der Waals surface area contributed by atoms with Crippen LogP contribution in [0.2, 0.25) is 0 Å². The van der Waals surface area contributed by atoms with E-state index in [0.717, 1.165) is 43.9 Å². The molecule has 0 atom stereocenters. The van der Waals surface area contributed by atoms with E-state index in [-0.39, 0.29) is 5.41 Å². The summed E-state index contributed by atoms with van der Waals surface area (Å²) in [6, 6.07) is 7.90. The molecular weight excluding hydrogens is 242 g/mol. The molecule has 1 amide bonds. The molecule has 102 valence electrons. The number of nitrogens with zero attached hydrogens (tertiary/aromatic N) is 1. The Morgan fingerprint density at radius 3 is 2.53 bits per heavy atom. The lowest BCUT2D eigenvalue weighted by Gasteiger charge is -2.50. The maximum atomic E-state index is 12.3. The zero-order chi connectivity index (χ0) is 13.3. The van der Waals surface area contributed by atoms with Gasteiger partial charge in [-0.05, 0) is 30.5 Å². The van der Waals surface area contributed by atoms with Gasteiger partial charge in [-0.2, -0.15) is 0 Å². The van der Waals surface area contributed by atoms with Crippen LogP contribution in [0.1, 0.15) is 18.4 Å². The van der Waals surface area contributed by atoms with Gasteiger partial charge in [0.1, 0.15) is 5.75 Å². The normalized spacial score (nSPS) is 21.3. The lowest BCUT2D eigenvalue weighted by atomic mass is 9.72. The minimum absolute atomic E-state index is 0.106. The fourth-order valence-electron chi connectivity index (χ4n) is 2.96. The molecule has 0 N–H and O–H groups in total. The first-order chi connectivity index (χ1) is 9.23. The molecule has 0 bridgehead atoms. The standard InChI is InChI=1S/C15H19NO3/c1-18-13-4-2-12(3-5-13)10-16-11-15(14(16)17)6-8-19-9-7-15/h2-5H,6-11H2,1H3. The number of amides is 1. The molecule has 0 unspecified atom stereocenters. The molecule has 2 aliphatic rings. The van der Waals surface area contributed by atoms with Crippen LogP contribution in [0, 0.1) is 5.41 Å². The predicted molar refractivity (Wildman–Crippen MR) is 70.9 cm³/mol. The largest absolute Gasteiger partial charge is 0.497 e. The summed E-state index contributed by atoms with van der Waals surface area (Å²) in [5.41, 5.74) is 1.04. The van der Waals surface area contributed by atoms with Crippen LogP contribution < -0.4 is 4.74 Å². The van der Waals surface area contributed by atoms with Crippen LogP contribution in [0.15, 0.2) is 24.3 Å². The SMILES string of the molecule is COc1ccc(CN2CC3(CCOCC3)C2=O)cc1. The maximum absolute atomic E-state index is 12.3. The highest BCUT2D eigenvalue weighted by molar-refractivity contribution is 5.88. The van der Waals surface area contributed by atoms with E-state index in [0.29, 0.717) is 12.5 Å². The molecule has 3 rings (SSSR count). The van der Waals surface area contributed by atoms with Gasteiger partial charge in [0.05, 0.1) is 12.5 Å². The molecule has 0 aliphatic carbocycles. The van der Waals surface area contributed by atoms with Gasteiger partial charge in [-0.15, -0.1) is 0 Å². The summed E-state index contributed by atoms with van der Waals surface area (Å²) in [5.74, 6) is 1.14. The van der Waals surface area contributed by atoms with Crippen molar-refractivity contribution in [1.29, 1.82) is 0 Å². The van der Waals surface area contributed by atoms with Crippen LogP contribution in [-0.2, 0) is 16.1 Å². The Labute approximate surface area is 113 Å². The van der Waals surface area contributed by atoms with Gasteiger partial charge in [0.25, 0.3) is 0 Å². The Hall–Kier alpha value is -1.55. The van der Waals surface area contributed by atoms with Crippen molar-refractivity contribution in [3.05, 3.63) is 29.8 Å². The number of rotatable bonds is 3. The average molecular weight is 261 g/mol. The lowest BCUT2D eigenvalue weighted by molar-refractivity contribution is -0.170. The van der Waals surface area contributed by atoms with E-state index in [4.69, 9.17) is 9.47 Å². The van der Waals surface area contributed by atoms with E-state index in [2.05, 4.69) is 0 Å². The van der Waals surface area contributed by atoms with Gasteiger partial charge < -0.3 is 14.4 Å². The first-order valence-electron chi connectivity index (χ1n) is 6.74. The van der Waals surface area contributed by atoms with Gasteiger partial charge in [-0.3, -0.25) is 4.79 Å². The van der Waals surface area contributed by atoms with Crippen LogP contribution in [0.3, 0.4) is 0 Å². The Morgan fingerprint density at radius 1 is 1.26 bits per heavy atom. The number of ether oxygens (including phenoxy) is 2. The van der Waals surface area contributed by atoms with Crippen molar-refractivity contribution in [2.24, 2.45) is 5.41 Å². The van der Waals surface area contributed by atoms with Crippen molar-refractivity contribution < 1.29 is 14.3 Å². The average Bonchev–Trinajstić information content (AvgIpc) is 2.48. The molecule has 0 saturated carbocycles. The van der Waals surface area contributed by atoms with Crippen molar-refractivity contribution in [2.75, 3.05) is 26.9 Å². The highest BCUT2D eigenvalue weighted by atomic mass is 16.5. The third-order valence-electron chi connectivity index (χ3n) is 4.22. The molecule has 2 heterocycles. The van der Waals surface area contributed by atoms with E-state index in [9.17, 15) is 4.79 Å². The minimum Gasteiger partial charge on any atom is -0.497 e. The van der Waals surface area contributed by atoms with Gasteiger partial charge in [0, 0.05) is 26.3 Å². The summed E-state index contributed by atoms with van der Waals surface area (Å²) >= 11 is 0. The molecule has 2 saturated heterocycles. The van der Waals surface area contributed by atoms with Crippen LogP contribution in [0.25, 0.3) is 0 Å². The number of β-lactam (4-membered cyclic amide) rings is 1. The molecule has 2 aliphatic heterocycles. The minimum atomic E-state index is -0.106. The zero-order valence-corrected chi connectivity index (χ0v) is 11.2. The number of likely N-dealkylation sites (tertiary alicyclic amines) is 1. The van der Waals surface area contributed by atoms with Crippen molar-refractivity contribution in [2.45, 2.75) is 19.4 Å². The van der Waals surface area contributed by atoms with Crippen molar-refractivity contribution in [1.82, 2.24) is 4.90 Å². The number of carbonyl (C=O) groups excluding carboxylic acids is 1. The summed E-state index contributed by atoms with van der Waals surface area (Å²) in [6.07, 6.45) is 1.76. The number of benzene rings is 1. The Balaban J connectivity index is 1.61. The molecule has 4 nitrogen and oxygen atoms in total. The van der Waals surface area contributed by atoms with Gasteiger partial charge in [0.2, 0.25) is 5.91 Å². The van der Waals surface area contributed by atoms with Crippen LogP contribution in [0.4, 0.5) is 0 Å². The van der Waals surface area contributed by atoms with Crippen molar-refractivity contribution >= 4 is 5.91 Å². The highest BCUT2D eigenvalue weighted by Gasteiger charge is 2.52. The Morgan fingerprint density at radius 2 is 1.95 bits per heavy atom. The van der Waals surface area contributed by atoms with E-state index in [1.807, 2.05) is 29.2 Å². The van der Waals surface area contributed by atoms with Crippen LogP contribution >= 0.6 is 0 Å². The number of hydrogen-bond donors (Lipinski definition) is 0. The predicted octanol–water partition coefficient (Wildman–Crippen LogP) is 1.83. The molecule has 1 aromatic carbocycles. The molecule has 19 heavy (non-hydrogen) atoms. The smallest absolute Gasteiger partial charge is 0.231 e. The quantitative estimate of drug-likeness (QED) is 0.779. The fourth-order valence-corrected chi connectivity index (χ4v) is 2.96. The Bertz CT molecular complexity index is 463. The molecule has 1 aromatic rings. The Kier molecular flexibility index (Phi) is 3.19. The molecule has 0 aromatic heterocycles. The summed E-state index contributed by atoms with van der Waals surface area (Å²) in [6.45, 7) is 3.02. The van der Waals surface area contributed by atoms with E-state index in [1.165, 1.54) is 0 Å². The summed E-state index contributed by atoms with van der Waals surface area (Å²) in [7, 11) is 1.66. The topological polar surface area (TPSA) is 38.8 Å². The van der Waals surface area contributed by atoms with Crippen LogP contribution in [-0.4, -0.2) is 37.7 Å². The summed E-state index contributed by atoms with van der Waals surface area (Å²) in [4.78, 5) is 14.2. The number of methoxy groups -OCH3 is 1. The second-order valence-electron chi connectivity index (χ2n) is 5.40. The van der Waals surface area contributed by atoms with Crippen molar-refractivity contribution in [3.63, 3.8) is 0 Å². The van der Waals surface area contributed by atoms with E-state index in [1.54, 1.807) is 7.11 Å². The van der Waals surface area contributed by atoms with Gasteiger partial charge in [-0.25, -0.2) is 0 Å². The van der Waals surface area contributed by atoms with Crippen LogP contribution in [0.5, 0.6) is 5.75 Å². The fraction of sp³-hybridized carbons (Fsp3) is 0.533. The maximum Gasteiger partial charge on any atom is 0.231 e. The zero-order valence-electron chi connectivity index (χ0n) is 11.2. The second kappa shape index (κ2) is 4.85. The third kappa shape index (κ3) is 2.21. The van der Waals surface area contributed by atoms with E-state index >= 15 is 0 Å². The van der Waals surface area contributed by atoms with Crippen molar-refractivity contribution in [3.8, 4) is 5.75 Å². The van der Waals surface area contributed by atoms with Gasteiger partial charge in [-0.1, -0.05) is 12.1 Å². The molecule has 1 spiro atoms. The molecular formula is C15H19NO3. The first-order valence-corrected chi connectivity index (χ1v) is 6.74. The second-order valence-corrected chi connectivity index (χ2v) is 5.40. The molecule has 4 heteroatoms. The molecule has 0 radical (unpaired) electrons. The number of carbonyl (C=O) groups is 1. The molecule has 2 fully saturated rings. The first kappa shape index (κ1) is 12.5. The lowest BCUT2D eigenvalue weighted by Crippen LogP contribution is -2.62. The highest BCUT2D eigenvalue weighted by Crippen LogP contribution is 2.41. The van der Waals surface area contributed by atoms with Gasteiger partial charge in [0.15, 0.2) is 0 Å². The summed E-state index contributed by atoms with van der Waals surface area (Å²) < 4.78 is 10.5. The van der Waals surface area contributed by atoms with E-state index < -0.39 is 0 Å². The third-order valence-corrected chi connectivity index (χ3v) is 4.22. The van der Waals surface area contributed by atoms with Gasteiger partial charge >= 0.3 is 0 Å². The monoisotopic (exact) mass is 261 g/mol.